The molecule has 1 aromatic heterocycles. The van der Waals surface area contributed by atoms with Crippen molar-refractivity contribution in [2.24, 2.45) is 12.0 Å². The number of amides is 1. The minimum absolute atomic E-state index is 0.141. The molecule has 0 N–H and O–H groups in total. The quantitative estimate of drug-likeness (QED) is 0.728. The summed E-state index contributed by atoms with van der Waals surface area (Å²) in [7, 11) is 1.94. The van der Waals surface area contributed by atoms with E-state index in [0.717, 1.165) is 26.3 Å². The lowest BCUT2D eigenvalue weighted by atomic mass is 10.1. The molecule has 0 fully saturated rings. The van der Waals surface area contributed by atoms with Crippen LogP contribution < -0.4 is 9.54 Å². The summed E-state index contributed by atoms with van der Waals surface area (Å²) >= 11 is 1.54. The van der Waals surface area contributed by atoms with Gasteiger partial charge >= 0.3 is 0 Å². The van der Waals surface area contributed by atoms with Gasteiger partial charge in [0.1, 0.15) is 5.75 Å². The van der Waals surface area contributed by atoms with Crippen LogP contribution in [0.4, 0.5) is 0 Å². The van der Waals surface area contributed by atoms with Crippen LogP contribution in [0.1, 0.15) is 18.1 Å². The Morgan fingerprint density at radius 3 is 2.67 bits per heavy atom. The number of thiazole rings is 1. The summed E-state index contributed by atoms with van der Waals surface area (Å²) in [5.74, 6) is 0.676. The van der Waals surface area contributed by atoms with Crippen LogP contribution in [0.2, 0.25) is 0 Å². The van der Waals surface area contributed by atoms with Crippen molar-refractivity contribution in [2.45, 2.75) is 20.3 Å². The Labute approximate surface area is 145 Å². The van der Waals surface area contributed by atoms with Crippen LogP contribution in [0, 0.1) is 6.92 Å². The van der Waals surface area contributed by atoms with E-state index in [1.165, 1.54) is 5.56 Å². The molecule has 0 unspecified atom stereocenters. The summed E-state index contributed by atoms with van der Waals surface area (Å²) in [6.45, 7) is 4.64. The number of benzene rings is 2. The number of aromatic nitrogens is 1. The number of carbonyl (C=O) groups is 1. The van der Waals surface area contributed by atoms with Crippen LogP contribution in [-0.2, 0) is 18.3 Å². The smallest absolute Gasteiger partial charge is 0.252 e. The van der Waals surface area contributed by atoms with Gasteiger partial charge in [0.25, 0.3) is 5.91 Å². The van der Waals surface area contributed by atoms with Crippen molar-refractivity contribution in [3.8, 4) is 5.75 Å². The van der Waals surface area contributed by atoms with Crippen LogP contribution in [0.3, 0.4) is 0 Å². The maximum Gasteiger partial charge on any atom is 0.252 e. The van der Waals surface area contributed by atoms with Gasteiger partial charge in [-0.15, -0.1) is 0 Å². The first-order valence-electron chi connectivity index (χ1n) is 7.92. The number of hydrogen-bond donors (Lipinski definition) is 0. The maximum absolute atomic E-state index is 12.3. The molecule has 0 atom stereocenters. The molecule has 124 valence electrons. The average Bonchev–Trinajstić information content (AvgIpc) is 2.85. The van der Waals surface area contributed by atoms with Gasteiger partial charge < -0.3 is 9.30 Å². The van der Waals surface area contributed by atoms with Gasteiger partial charge in [-0.05, 0) is 49.2 Å². The largest absolute Gasteiger partial charge is 0.494 e. The summed E-state index contributed by atoms with van der Waals surface area (Å²) in [5, 5.41) is 0. The van der Waals surface area contributed by atoms with Crippen LogP contribution in [0.5, 0.6) is 5.75 Å². The maximum atomic E-state index is 12.3. The molecule has 0 spiro atoms. The Morgan fingerprint density at radius 2 is 1.96 bits per heavy atom. The third-order valence-electron chi connectivity index (χ3n) is 3.77. The van der Waals surface area contributed by atoms with Crippen LogP contribution in [0.25, 0.3) is 10.2 Å². The van der Waals surface area contributed by atoms with Gasteiger partial charge in [0, 0.05) is 7.05 Å². The lowest BCUT2D eigenvalue weighted by molar-refractivity contribution is -0.117. The summed E-state index contributed by atoms with van der Waals surface area (Å²) in [4.78, 5) is 17.3. The Hall–Kier alpha value is -2.40. The van der Waals surface area contributed by atoms with Gasteiger partial charge in [0.15, 0.2) is 4.80 Å². The third-order valence-corrected chi connectivity index (χ3v) is 4.87. The zero-order valence-electron chi connectivity index (χ0n) is 14.1. The van der Waals surface area contributed by atoms with Crippen LogP contribution in [-0.4, -0.2) is 17.1 Å². The molecule has 0 radical (unpaired) electrons. The molecule has 0 aliphatic carbocycles. The third kappa shape index (κ3) is 3.57. The molecule has 0 saturated heterocycles. The standard InChI is InChI=1S/C19H20N2O2S/c1-4-23-15-8-6-14(7-9-15)12-18(22)20-19-21(3)16-10-5-13(2)11-17(16)24-19/h5-11H,4,12H2,1-3H3. The predicted octanol–water partition coefficient (Wildman–Crippen LogP) is 3.62. The molecule has 0 bridgehead atoms. The first kappa shape index (κ1) is 16.5. The Bertz CT molecular complexity index is 936. The molecule has 3 rings (SSSR count). The minimum Gasteiger partial charge on any atom is -0.494 e. The van der Waals surface area contributed by atoms with E-state index in [2.05, 4.69) is 30.1 Å². The monoisotopic (exact) mass is 340 g/mol. The normalized spacial score (nSPS) is 11.9. The summed E-state index contributed by atoms with van der Waals surface area (Å²) in [6, 6.07) is 13.8. The van der Waals surface area contributed by atoms with Crippen molar-refractivity contribution in [1.82, 2.24) is 4.57 Å². The average molecular weight is 340 g/mol. The molecular formula is C19H20N2O2S. The number of fused-ring (bicyclic) bond motifs is 1. The van der Waals surface area contributed by atoms with Crippen molar-refractivity contribution in [2.75, 3.05) is 6.61 Å². The minimum atomic E-state index is -0.141. The van der Waals surface area contributed by atoms with E-state index in [1.807, 2.05) is 42.8 Å². The lowest BCUT2D eigenvalue weighted by Crippen LogP contribution is -2.14. The highest BCUT2D eigenvalue weighted by Gasteiger charge is 2.06. The second-order valence-corrected chi connectivity index (χ2v) is 6.68. The zero-order valence-corrected chi connectivity index (χ0v) is 14.9. The fourth-order valence-electron chi connectivity index (χ4n) is 2.54. The van der Waals surface area contributed by atoms with Gasteiger partial charge in [-0.25, -0.2) is 0 Å². The van der Waals surface area contributed by atoms with Gasteiger partial charge in [-0.2, -0.15) is 4.99 Å². The number of rotatable bonds is 4. The zero-order chi connectivity index (χ0) is 17.1. The number of carbonyl (C=O) groups excluding carboxylic acids is 1. The molecule has 1 heterocycles. The molecule has 2 aromatic carbocycles. The van der Waals surface area contributed by atoms with E-state index >= 15 is 0 Å². The number of nitrogens with zero attached hydrogens (tertiary/aromatic N) is 2. The van der Waals surface area contributed by atoms with Crippen molar-refractivity contribution in [3.63, 3.8) is 0 Å². The highest BCUT2D eigenvalue weighted by atomic mass is 32.1. The second-order valence-electron chi connectivity index (χ2n) is 5.67. The highest BCUT2D eigenvalue weighted by Crippen LogP contribution is 2.18. The van der Waals surface area contributed by atoms with Gasteiger partial charge in [0.2, 0.25) is 0 Å². The first-order valence-corrected chi connectivity index (χ1v) is 8.74. The van der Waals surface area contributed by atoms with E-state index in [-0.39, 0.29) is 5.91 Å². The number of ether oxygens (including phenoxy) is 1. The van der Waals surface area contributed by atoms with Gasteiger partial charge in [-0.1, -0.05) is 29.5 Å². The van der Waals surface area contributed by atoms with E-state index < -0.39 is 0 Å². The molecule has 4 nitrogen and oxygen atoms in total. The fraction of sp³-hybridized carbons (Fsp3) is 0.263. The summed E-state index contributed by atoms with van der Waals surface area (Å²) < 4.78 is 8.52. The molecule has 1 amide bonds. The summed E-state index contributed by atoms with van der Waals surface area (Å²) in [5.41, 5.74) is 3.24. The Morgan fingerprint density at radius 1 is 1.21 bits per heavy atom. The molecule has 5 heteroatoms. The molecule has 0 aliphatic heterocycles. The topological polar surface area (TPSA) is 43.6 Å². The summed E-state index contributed by atoms with van der Waals surface area (Å²) in [6.07, 6.45) is 0.291. The molecular weight excluding hydrogens is 320 g/mol. The molecule has 0 aliphatic rings. The van der Waals surface area contributed by atoms with E-state index in [9.17, 15) is 4.79 Å². The van der Waals surface area contributed by atoms with Crippen molar-refractivity contribution in [1.29, 1.82) is 0 Å². The number of aryl methyl sites for hydroxylation is 2. The highest BCUT2D eigenvalue weighted by molar-refractivity contribution is 7.16. The molecule has 0 saturated carbocycles. The second kappa shape index (κ2) is 7.01. The van der Waals surface area contributed by atoms with Gasteiger partial charge in [0.05, 0.1) is 23.2 Å². The Balaban J connectivity index is 1.83. The SMILES string of the molecule is CCOc1ccc(CC(=O)N=c2sc3cc(C)ccc3n2C)cc1. The van der Waals surface area contributed by atoms with E-state index in [1.54, 1.807) is 11.3 Å². The first-order chi connectivity index (χ1) is 11.6. The van der Waals surface area contributed by atoms with Gasteiger partial charge in [-0.3, -0.25) is 4.79 Å². The van der Waals surface area contributed by atoms with Crippen molar-refractivity contribution in [3.05, 3.63) is 58.4 Å². The molecule has 3 aromatic rings. The Kier molecular flexibility index (Phi) is 4.81. The van der Waals surface area contributed by atoms with Crippen LogP contribution in [0.15, 0.2) is 47.5 Å². The predicted molar refractivity (Wildman–Crippen MR) is 97.4 cm³/mol. The van der Waals surface area contributed by atoms with Crippen molar-refractivity contribution >= 4 is 27.5 Å². The molecule has 24 heavy (non-hydrogen) atoms. The van der Waals surface area contributed by atoms with Crippen LogP contribution >= 0.6 is 11.3 Å². The lowest BCUT2D eigenvalue weighted by Gasteiger charge is -2.03. The van der Waals surface area contributed by atoms with Crippen molar-refractivity contribution < 1.29 is 9.53 Å². The van der Waals surface area contributed by atoms with E-state index in [4.69, 9.17) is 4.74 Å². The number of hydrogen-bond acceptors (Lipinski definition) is 3. The fourth-order valence-corrected chi connectivity index (χ4v) is 3.67. The van der Waals surface area contributed by atoms with E-state index in [0.29, 0.717) is 13.0 Å².